The predicted octanol–water partition coefficient (Wildman–Crippen LogP) is 2.37. The van der Waals surface area contributed by atoms with Crippen molar-refractivity contribution in [1.29, 1.82) is 0 Å². The molecule has 2 rings (SSSR count). The number of rotatable bonds is 5. The average Bonchev–Trinajstić information content (AvgIpc) is 3.06. The molecule has 0 bridgehead atoms. The molecule has 1 amide bonds. The van der Waals surface area contributed by atoms with Crippen molar-refractivity contribution in [2.24, 2.45) is 5.92 Å². The molecule has 6 nitrogen and oxygen atoms in total. The van der Waals surface area contributed by atoms with Crippen LogP contribution in [-0.4, -0.2) is 54.7 Å². The SMILES string of the molecule is O=C(NCC1CCCN(CCC(F)(F)F)C1)c1ccoc1.O=CO. The van der Waals surface area contributed by atoms with Gasteiger partial charge < -0.3 is 19.7 Å². The maximum atomic E-state index is 12.2. The van der Waals surface area contributed by atoms with E-state index in [2.05, 4.69) is 5.32 Å². The second-order valence-electron chi connectivity index (χ2n) is 5.50. The lowest BCUT2D eigenvalue weighted by Gasteiger charge is -2.32. The third-order valence-electron chi connectivity index (χ3n) is 3.65. The molecular weight excluding hydrogens is 329 g/mol. The fourth-order valence-electron chi connectivity index (χ4n) is 2.54. The number of carbonyl (C=O) groups is 2. The van der Waals surface area contributed by atoms with Gasteiger partial charge in [0, 0.05) is 19.6 Å². The first kappa shape index (κ1) is 20.0. The van der Waals surface area contributed by atoms with Gasteiger partial charge in [0.1, 0.15) is 6.26 Å². The van der Waals surface area contributed by atoms with Crippen LogP contribution in [0.4, 0.5) is 13.2 Å². The number of carboxylic acid groups (broad SMARTS) is 1. The van der Waals surface area contributed by atoms with E-state index in [0.717, 1.165) is 12.8 Å². The Bertz CT molecular complexity index is 491. The first-order valence-electron chi connectivity index (χ1n) is 7.53. The Labute approximate surface area is 137 Å². The largest absolute Gasteiger partial charge is 0.483 e. The van der Waals surface area contributed by atoms with Crippen LogP contribution >= 0.6 is 0 Å². The number of nitrogens with one attached hydrogen (secondary N) is 1. The number of amides is 1. The Hall–Kier alpha value is -2.03. The average molecular weight is 350 g/mol. The summed E-state index contributed by atoms with van der Waals surface area (Å²) in [7, 11) is 0. The number of piperidine rings is 1. The van der Waals surface area contributed by atoms with E-state index in [1.54, 1.807) is 6.07 Å². The van der Waals surface area contributed by atoms with Gasteiger partial charge in [0.15, 0.2) is 0 Å². The summed E-state index contributed by atoms with van der Waals surface area (Å²) in [4.78, 5) is 21.9. The van der Waals surface area contributed by atoms with Gasteiger partial charge in [0.25, 0.3) is 12.4 Å². The smallest absolute Gasteiger partial charge is 0.390 e. The van der Waals surface area contributed by atoms with Gasteiger partial charge in [0.2, 0.25) is 0 Å². The molecule has 1 unspecified atom stereocenters. The molecule has 1 aromatic heterocycles. The highest BCUT2D eigenvalue weighted by atomic mass is 19.4. The molecule has 2 N–H and O–H groups in total. The van der Waals surface area contributed by atoms with Crippen molar-refractivity contribution >= 4 is 12.4 Å². The second-order valence-corrected chi connectivity index (χ2v) is 5.50. The Morgan fingerprint density at radius 3 is 2.79 bits per heavy atom. The van der Waals surface area contributed by atoms with Crippen molar-refractivity contribution in [3.63, 3.8) is 0 Å². The number of hydrogen-bond acceptors (Lipinski definition) is 4. The highest BCUT2D eigenvalue weighted by Gasteiger charge is 2.29. The quantitative estimate of drug-likeness (QED) is 0.797. The zero-order valence-corrected chi connectivity index (χ0v) is 13.1. The number of halogens is 3. The van der Waals surface area contributed by atoms with E-state index in [1.165, 1.54) is 12.5 Å². The van der Waals surface area contributed by atoms with Crippen LogP contribution in [0.1, 0.15) is 29.6 Å². The highest BCUT2D eigenvalue weighted by Crippen LogP contribution is 2.22. The van der Waals surface area contributed by atoms with Crippen LogP contribution in [0, 0.1) is 5.92 Å². The maximum Gasteiger partial charge on any atom is 0.390 e. The van der Waals surface area contributed by atoms with E-state index in [0.29, 0.717) is 25.2 Å². The van der Waals surface area contributed by atoms with Gasteiger partial charge in [-0.3, -0.25) is 9.59 Å². The third kappa shape index (κ3) is 8.00. The first-order valence-corrected chi connectivity index (χ1v) is 7.53. The molecule has 1 atom stereocenters. The summed E-state index contributed by atoms with van der Waals surface area (Å²) < 4.78 is 41.5. The minimum absolute atomic E-state index is 0.0374. The van der Waals surface area contributed by atoms with Crippen molar-refractivity contribution in [3.8, 4) is 0 Å². The van der Waals surface area contributed by atoms with Crippen LogP contribution in [0.15, 0.2) is 23.0 Å². The highest BCUT2D eigenvalue weighted by molar-refractivity contribution is 5.93. The van der Waals surface area contributed by atoms with Crippen molar-refractivity contribution in [2.45, 2.75) is 25.4 Å². The molecule has 0 spiro atoms. The molecule has 0 aromatic carbocycles. The zero-order chi connectivity index (χ0) is 18.0. The van der Waals surface area contributed by atoms with Crippen LogP contribution in [0.3, 0.4) is 0 Å². The molecule has 1 fully saturated rings. The van der Waals surface area contributed by atoms with Crippen molar-refractivity contribution in [3.05, 3.63) is 24.2 Å². The van der Waals surface area contributed by atoms with Gasteiger partial charge >= 0.3 is 6.18 Å². The molecule has 1 aromatic rings. The Balaban J connectivity index is 0.000000891. The monoisotopic (exact) mass is 350 g/mol. The molecule has 9 heteroatoms. The van der Waals surface area contributed by atoms with Gasteiger partial charge in [0.05, 0.1) is 18.2 Å². The molecule has 24 heavy (non-hydrogen) atoms. The van der Waals surface area contributed by atoms with Crippen LogP contribution in [0.25, 0.3) is 0 Å². The van der Waals surface area contributed by atoms with Crippen molar-refractivity contribution in [2.75, 3.05) is 26.2 Å². The fourth-order valence-corrected chi connectivity index (χ4v) is 2.54. The molecule has 0 aliphatic carbocycles. The zero-order valence-electron chi connectivity index (χ0n) is 13.1. The minimum atomic E-state index is -4.11. The third-order valence-corrected chi connectivity index (χ3v) is 3.65. The molecule has 0 saturated carbocycles. The van der Waals surface area contributed by atoms with Gasteiger partial charge in [-0.2, -0.15) is 13.2 Å². The predicted molar refractivity (Wildman–Crippen MR) is 79.6 cm³/mol. The molecule has 0 radical (unpaired) electrons. The Morgan fingerprint density at radius 1 is 1.50 bits per heavy atom. The summed E-state index contributed by atoms with van der Waals surface area (Å²) in [6.07, 6.45) is -0.304. The fraction of sp³-hybridized carbons (Fsp3) is 0.600. The van der Waals surface area contributed by atoms with Gasteiger partial charge in [-0.1, -0.05) is 0 Å². The summed E-state index contributed by atoms with van der Waals surface area (Å²) in [6.45, 7) is 1.56. The molecule has 1 aliphatic heterocycles. The van der Waals surface area contributed by atoms with Gasteiger partial charge in [-0.25, -0.2) is 0 Å². The number of furan rings is 1. The second kappa shape index (κ2) is 9.96. The minimum Gasteiger partial charge on any atom is -0.483 e. The van der Waals surface area contributed by atoms with E-state index < -0.39 is 12.6 Å². The lowest BCUT2D eigenvalue weighted by atomic mass is 9.97. The summed E-state index contributed by atoms with van der Waals surface area (Å²) in [5.74, 6) is -0.0148. The Morgan fingerprint density at radius 2 is 2.21 bits per heavy atom. The topological polar surface area (TPSA) is 82.8 Å². The first-order chi connectivity index (χ1) is 11.4. The molecule has 136 valence electrons. The summed E-state index contributed by atoms with van der Waals surface area (Å²) in [5.41, 5.74) is 0.458. The van der Waals surface area contributed by atoms with Crippen LogP contribution in [0.2, 0.25) is 0 Å². The van der Waals surface area contributed by atoms with E-state index >= 15 is 0 Å². The number of alkyl halides is 3. The van der Waals surface area contributed by atoms with Gasteiger partial charge in [-0.05, 0) is 31.4 Å². The van der Waals surface area contributed by atoms with E-state index in [1.807, 2.05) is 4.90 Å². The summed E-state index contributed by atoms with van der Waals surface area (Å²) >= 11 is 0. The number of nitrogens with zero attached hydrogens (tertiary/aromatic N) is 1. The maximum absolute atomic E-state index is 12.2. The van der Waals surface area contributed by atoms with Crippen LogP contribution in [-0.2, 0) is 4.79 Å². The lowest BCUT2D eigenvalue weighted by molar-refractivity contribution is -0.138. The van der Waals surface area contributed by atoms with Crippen LogP contribution in [0.5, 0.6) is 0 Å². The summed E-state index contributed by atoms with van der Waals surface area (Å²) in [6, 6.07) is 1.58. The van der Waals surface area contributed by atoms with Gasteiger partial charge in [-0.15, -0.1) is 0 Å². The van der Waals surface area contributed by atoms with E-state index in [9.17, 15) is 18.0 Å². The van der Waals surface area contributed by atoms with Crippen LogP contribution < -0.4 is 5.32 Å². The Kier molecular flexibility index (Phi) is 8.31. The van der Waals surface area contributed by atoms with E-state index in [4.69, 9.17) is 14.3 Å². The molecular formula is C15H21F3N2O4. The number of hydrogen-bond donors (Lipinski definition) is 2. The molecule has 1 aliphatic rings. The normalized spacial score (nSPS) is 18.4. The molecule has 1 saturated heterocycles. The number of likely N-dealkylation sites (tertiary alicyclic amines) is 1. The van der Waals surface area contributed by atoms with Crippen molar-refractivity contribution in [1.82, 2.24) is 10.2 Å². The molecule has 2 heterocycles. The lowest BCUT2D eigenvalue weighted by Crippen LogP contribution is -2.42. The number of carbonyl (C=O) groups excluding carboxylic acids is 1. The van der Waals surface area contributed by atoms with Crippen molar-refractivity contribution < 1.29 is 32.3 Å². The van der Waals surface area contributed by atoms with E-state index in [-0.39, 0.29) is 24.8 Å². The standard InChI is InChI=1S/C14H19F3N2O2.CH2O2/c15-14(16,17)4-6-19-5-1-2-11(9-19)8-18-13(20)12-3-7-21-10-12;2-1-3/h3,7,10-11H,1-2,4-6,8-9H2,(H,18,20);1H,(H,2,3). The summed E-state index contributed by atoms with van der Waals surface area (Å²) in [5, 5.41) is 9.69.